The van der Waals surface area contributed by atoms with Crippen molar-refractivity contribution in [3.8, 4) is 11.4 Å². The van der Waals surface area contributed by atoms with Crippen LogP contribution >= 0.6 is 23.8 Å². The molecular formula is C20H17ClN4OS. The molecule has 0 saturated heterocycles. The van der Waals surface area contributed by atoms with Crippen molar-refractivity contribution in [3.63, 3.8) is 0 Å². The van der Waals surface area contributed by atoms with Crippen molar-refractivity contribution in [3.05, 3.63) is 76.3 Å². The molecule has 1 atom stereocenters. The van der Waals surface area contributed by atoms with Gasteiger partial charge in [0.05, 0.1) is 11.6 Å². The van der Waals surface area contributed by atoms with Gasteiger partial charge >= 0.3 is 0 Å². The van der Waals surface area contributed by atoms with Crippen molar-refractivity contribution in [2.75, 3.05) is 0 Å². The highest BCUT2D eigenvalue weighted by Crippen LogP contribution is 2.34. The van der Waals surface area contributed by atoms with Gasteiger partial charge in [0, 0.05) is 16.3 Å². The summed E-state index contributed by atoms with van der Waals surface area (Å²) < 4.78 is 5.60. The van der Waals surface area contributed by atoms with E-state index in [0.717, 1.165) is 22.4 Å². The quantitative estimate of drug-likeness (QED) is 0.628. The van der Waals surface area contributed by atoms with Crippen LogP contribution in [0.1, 0.15) is 30.0 Å². The first-order chi connectivity index (χ1) is 13.0. The SMILES string of the molecule is CC1=C(c2nc(-c3ccc(C)cc3)no2)[C@H](c2ccc(Cl)cc2)NC(=S)N1. The molecule has 3 aromatic rings. The monoisotopic (exact) mass is 396 g/mol. The summed E-state index contributed by atoms with van der Waals surface area (Å²) in [5.41, 5.74) is 4.82. The number of allylic oxidation sites excluding steroid dienone is 1. The zero-order chi connectivity index (χ0) is 19.0. The van der Waals surface area contributed by atoms with E-state index in [0.29, 0.717) is 21.9 Å². The summed E-state index contributed by atoms with van der Waals surface area (Å²) in [6, 6.07) is 15.4. The first-order valence-corrected chi connectivity index (χ1v) is 9.25. The summed E-state index contributed by atoms with van der Waals surface area (Å²) in [7, 11) is 0. The zero-order valence-electron chi connectivity index (χ0n) is 14.8. The lowest BCUT2D eigenvalue weighted by Gasteiger charge is -2.29. The number of nitrogens with one attached hydrogen (secondary N) is 2. The van der Waals surface area contributed by atoms with Gasteiger partial charge < -0.3 is 15.2 Å². The Morgan fingerprint density at radius 3 is 2.44 bits per heavy atom. The Morgan fingerprint density at radius 1 is 1.04 bits per heavy atom. The van der Waals surface area contributed by atoms with E-state index in [1.54, 1.807) is 0 Å². The standard InChI is InChI=1S/C20H17ClN4OS/c1-11-3-5-14(6-4-11)18-24-19(26-25-18)16-12(2)22-20(27)23-17(16)13-7-9-15(21)10-8-13/h3-10,17H,1-2H3,(H2,22,23,27)/t17-/m0/s1. The molecule has 0 saturated carbocycles. The third kappa shape index (κ3) is 3.59. The fourth-order valence-electron chi connectivity index (χ4n) is 3.04. The molecule has 0 fully saturated rings. The molecule has 0 aliphatic carbocycles. The Bertz CT molecular complexity index is 1020. The maximum Gasteiger partial charge on any atom is 0.258 e. The summed E-state index contributed by atoms with van der Waals surface area (Å²) in [5, 5.41) is 11.8. The molecule has 2 heterocycles. The highest BCUT2D eigenvalue weighted by molar-refractivity contribution is 7.80. The average molecular weight is 397 g/mol. The van der Waals surface area contributed by atoms with Gasteiger partial charge in [0.25, 0.3) is 5.89 Å². The van der Waals surface area contributed by atoms with Gasteiger partial charge in [-0.15, -0.1) is 0 Å². The number of hydrogen-bond acceptors (Lipinski definition) is 4. The lowest BCUT2D eigenvalue weighted by Crippen LogP contribution is -2.42. The zero-order valence-corrected chi connectivity index (χ0v) is 16.4. The topological polar surface area (TPSA) is 63.0 Å². The molecule has 0 radical (unpaired) electrons. The van der Waals surface area contributed by atoms with E-state index >= 15 is 0 Å². The molecule has 7 heteroatoms. The van der Waals surface area contributed by atoms with Crippen LogP contribution in [0.2, 0.25) is 5.02 Å². The number of aryl methyl sites for hydroxylation is 1. The predicted octanol–water partition coefficient (Wildman–Crippen LogP) is 4.65. The van der Waals surface area contributed by atoms with Gasteiger partial charge in [-0.1, -0.05) is 58.7 Å². The van der Waals surface area contributed by atoms with Gasteiger partial charge in [-0.2, -0.15) is 4.98 Å². The molecule has 0 bridgehead atoms. The number of benzene rings is 2. The molecule has 1 aliphatic heterocycles. The van der Waals surface area contributed by atoms with Crippen LogP contribution in [-0.4, -0.2) is 15.3 Å². The molecule has 27 heavy (non-hydrogen) atoms. The van der Waals surface area contributed by atoms with Gasteiger partial charge in [-0.05, 0) is 43.8 Å². The average Bonchev–Trinajstić information content (AvgIpc) is 3.12. The van der Waals surface area contributed by atoms with Crippen LogP contribution in [0, 0.1) is 6.92 Å². The van der Waals surface area contributed by atoms with Crippen LogP contribution in [0.3, 0.4) is 0 Å². The van der Waals surface area contributed by atoms with Gasteiger partial charge in [0.15, 0.2) is 5.11 Å². The van der Waals surface area contributed by atoms with Crippen molar-refractivity contribution in [2.24, 2.45) is 0 Å². The summed E-state index contributed by atoms with van der Waals surface area (Å²) in [5.74, 6) is 0.999. The molecule has 0 unspecified atom stereocenters. The normalized spacial score (nSPS) is 16.9. The summed E-state index contributed by atoms with van der Waals surface area (Å²) in [4.78, 5) is 4.62. The van der Waals surface area contributed by atoms with Gasteiger partial charge in [0.2, 0.25) is 5.82 Å². The molecular weight excluding hydrogens is 380 g/mol. The minimum absolute atomic E-state index is 0.206. The predicted molar refractivity (Wildman–Crippen MR) is 110 cm³/mol. The molecule has 1 aliphatic rings. The third-order valence-electron chi connectivity index (χ3n) is 4.44. The molecule has 4 rings (SSSR count). The maximum absolute atomic E-state index is 6.03. The van der Waals surface area contributed by atoms with Crippen molar-refractivity contribution >= 4 is 34.5 Å². The van der Waals surface area contributed by atoms with E-state index in [2.05, 4.69) is 20.8 Å². The molecule has 136 valence electrons. The molecule has 0 spiro atoms. The largest absolute Gasteiger partial charge is 0.351 e. The number of hydrogen-bond donors (Lipinski definition) is 2. The van der Waals surface area contributed by atoms with Gasteiger partial charge in [-0.3, -0.25) is 0 Å². The number of rotatable bonds is 3. The first-order valence-electron chi connectivity index (χ1n) is 8.46. The minimum atomic E-state index is -0.206. The number of halogens is 1. The minimum Gasteiger partial charge on any atom is -0.351 e. The van der Waals surface area contributed by atoms with Crippen LogP contribution in [0.25, 0.3) is 17.0 Å². The lowest BCUT2D eigenvalue weighted by molar-refractivity contribution is 0.403. The van der Waals surface area contributed by atoms with Crippen molar-refractivity contribution < 1.29 is 4.52 Å². The Kier molecular flexibility index (Phi) is 4.68. The maximum atomic E-state index is 6.03. The van der Waals surface area contributed by atoms with E-state index in [-0.39, 0.29) is 6.04 Å². The summed E-state index contributed by atoms with van der Waals surface area (Å²) in [6.45, 7) is 3.99. The Morgan fingerprint density at radius 2 is 1.74 bits per heavy atom. The number of nitrogens with zero attached hydrogens (tertiary/aromatic N) is 2. The van der Waals surface area contributed by atoms with E-state index in [1.807, 2.05) is 62.4 Å². The summed E-state index contributed by atoms with van der Waals surface area (Å²) in [6.07, 6.45) is 0. The van der Waals surface area contributed by atoms with Crippen molar-refractivity contribution in [1.29, 1.82) is 0 Å². The first kappa shape index (κ1) is 17.7. The van der Waals surface area contributed by atoms with Crippen molar-refractivity contribution in [2.45, 2.75) is 19.9 Å². The van der Waals surface area contributed by atoms with Gasteiger partial charge in [-0.25, -0.2) is 0 Å². The molecule has 2 aromatic carbocycles. The molecule has 1 aromatic heterocycles. The Hall–Kier alpha value is -2.70. The molecule has 2 N–H and O–H groups in total. The smallest absolute Gasteiger partial charge is 0.258 e. The van der Waals surface area contributed by atoms with E-state index in [4.69, 9.17) is 28.3 Å². The molecule has 5 nitrogen and oxygen atoms in total. The van der Waals surface area contributed by atoms with Crippen LogP contribution in [0.4, 0.5) is 0 Å². The fraction of sp³-hybridized carbons (Fsp3) is 0.150. The van der Waals surface area contributed by atoms with Crippen molar-refractivity contribution in [1.82, 2.24) is 20.8 Å². The number of thiocarbonyl (C=S) groups is 1. The highest BCUT2D eigenvalue weighted by atomic mass is 35.5. The van der Waals surface area contributed by atoms with Crippen LogP contribution in [0.15, 0.2) is 58.8 Å². The molecule has 0 amide bonds. The van der Waals surface area contributed by atoms with E-state index in [1.165, 1.54) is 5.56 Å². The summed E-state index contributed by atoms with van der Waals surface area (Å²) >= 11 is 11.4. The van der Waals surface area contributed by atoms with E-state index < -0.39 is 0 Å². The second kappa shape index (κ2) is 7.13. The van der Waals surface area contributed by atoms with E-state index in [9.17, 15) is 0 Å². The Balaban J connectivity index is 1.75. The fourth-order valence-corrected chi connectivity index (χ4v) is 3.43. The van der Waals surface area contributed by atoms with Crippen LogP contribution < -0.4 is 10.6 Å². The van der Waals surface area contributed by atoms with Crippen LogP contribution in [-0.2, 0) is 0 Å². The second-order valence-corrected chi connectivity index (χ2v) is 7.26. The Labute approximate surface area is 167 Å². The second-order valence-electron chi connectivity index (χ2n) is 6.41. The highest BCUT2D eigenvalue weighted by Gasteiger charge is 2.30. The van der Waals surface area contributed by atoms with Gasteiger partial charge in [0.1, 0.15) is 0 Å². The lowest BCUT2D eigenvalue weighted by atomic mass is 9.95. The third-order valence-corrected chi connectivity index (χ3v) is 4.91. The number of aromatic nitrogens is 2. The van der Waals surface area contributed by atoms with Crippen LogP contribution in [0.5, 0.6) is 0 Å².